The van der Waals surface area contributed by atoms with E-state index in [4.69, 9.17) is 16.9 Å². The molecule has 66 valence electrons. The van der Waals surface area contributed by atoms with Gasteiger partial charge in [0.25, 0.3) is 0 Å². The van der Waals surface area contributed by atoms with Crippen molar-refractivity contribution in [3.05, 3.63) is 41.4 Å². The highest BCUT2D eigenvalue weighted by molar-refractivity contribution is 7.99. The Bertz CT molecular complexity index is 354. The Morgan fingerprint density at radius 1 is 1.62 bits per heavy atom. The van der Waals surface area contributed by atoms with Crippen LogP contribution in [0.15, 0.2) is 35.7 Å². The van der Waals surface area contributed by atoms with Crippen LogP contribution in [0.5, 0.6) is 0 Å². The first-order chi connectivity index (χ1) is 6.27. The van der Waals surface area contributed by atoms with Crippen molar-refractivity contribution in [3.8, 4) is 6.07 Å². The van der Waals surface area contributed by atoms with Crippen molar-refractivity contribution < 1.29 is 0 Å². The van der Waals surface area contributed by atoms with E-state index in [0.29, 0.717) is 10.6 Å². The fraction of sp³-hybridized carbons (Fsp3) is 0.100. The van der Waals surface area contributed by atoms with E-state index in [1.165, 1.54) is 0 Å². The molecule has 0 aliphatic heterocycles. The van der Waals surface area contributed by atoms with Gasteiger partial charge in [-0.05, 0) is 18.2 Å². The molecule has 0 aromatic heterocycles. The number of nitriles is 1. The summed E-state index contributed by atoms with van der Waals surface area (Å²) in [4.78, 5) is 0.912. The minimum absolute atomic E-state index is 0.658. The second-order valence-electron chi connectivity index (χ2n) is 2.35. The lowest BCUT2D eigenvalue weighted by atomic mass is 10.2. The minimum Gasteiger partial charge on any atom is -0.192 e. The van der Waals surface area contributed by atoms with Crippen LogP contribution in [0.2, 0.25) is 5.02 Å². The largest absolute Gasteiger partial charge is 0.192 e. The maximum atomic E-state index is 8.78. The van der Waals surface area contributed by atoms with Crippen LogP contribution in [-0.4, -0.2) is 5.75 Å². The van der Waals surface area contributed by atoms with Crippen molar-refractivity contribution in [2.75, 3.05) is 5.75 Å². The van der Waals surface area contributed by atoms with E-state index in [9.17, 15) is 0 Å². The summed E-state index contributed by atoms with van der Waals surface area (Å²) in [5.41, 5.74) is 0.663. The Balaban J connectivity index is 2.95. The van der Waals surface area contributed by atoms with Crippen molar-refractivity contribution in [1.29, 1.82) is 5.26 Å². The van der Waals surface area contributed by atoms with Crippen molar-refractivity contribution >= 4 is 23.4 Å². The lowest BCUT2D eigenvalue weighted by molar-refractivity contribution is 1.37. The van der Waals surface area contributed by atoms with Crippen LogP contribution >= 0.6 is 23.4 Å². The zero-order valence-corrected chi connectivity index (χ0v) is 8.53. The van der Waals surface area contributed by atoms with Crippen LogP contribution < -0.4 is 0 Å². The molecule has 1 nitrogen and oxygen atoms in total. The van der Waals surface area contributed by atoms with Gasteiger partial charge >= 0.3 is 0 Å². The Hall–Kier alpha value is -0.910. The van der Waals surface area contributed by atoms with Crippen LogP contribution in [0.25, 0.3) is 0 Å². The van der Waals surface area contributed by atoms with Crippen molar-refractivity contribution in [2.24, 2.45) is 0 Å². The van der Waals surface area contributed by atoms with Gasteiger partial charge in [0.15, 0.2) is 0 Å². The summed E-state index contributed by atoms with van der Waals surface area (Å²) < 4.78 is 0. The zero-order valence-electron chi connectivity index (χ0n) is 6.96. The molecule has 0 aliphatic rings. The molecular weight excluding hydrogens is 202 g/mol. The molecule has 3 heteroatoms. The maximum Gasteiger partial charge on any atom is 0.100 e. The van der Waals surface area contributed by atoms with Gasteiger partial charge in [0, 0.05) is 15.7 Å². The molecule has 0 saturated carbocycles. The Morgan fingerprint density at radius 3 is 3.00 bits per heavy atom. The van der Waals surface area contributed by atoms with Gasteiger partial charge in [-0.3, -0.25) is 0 Å². The smallest absolute Gasteiger partial charge is 0.100 e. The Labute approximate surface area is 87.0 Å². The average Bonchev–Trinajstić information content (AvgIpc) is 2.15. The van der Waals surface area contributed by atoms with E-state index < -0.39 is 0 Å². The highest BCUT2D eigenvalue weighted by Gasteiger charge is 2.01. The number of hydrogen-bond donors (Lipinski definition) is 0. The highest BCUT2D eigenvalue weighted by Crippen LogP contribution is 2.25. The lowest BCUT2D eigenvalue weighted by Gasteiger charge is -2.01. The number of nitrogens with zero attached hydrogens (tertiary/aromatic N) is 1. The molecule has 0 bridgehead atoms. The summed E-state index contributed by atoms with van der Waals surface area (Å²) in [6.45, 7) is 3.62. The normalized spacial score (nSPS) is 9.23. The predicted molar refractivity (Wildman–Crippen MR) is 57.1 cm³/mol. The molecule has 0 amide bonds. The third-order valence-electron chi connectivity index (χ3n) is 1.42. The quantitative estimate of drug-likeness (QED) is 0.562. The van der Waals surface area contributed by atoms with E-state index in [-0.39, 0.29) is 0 Å². The van der Waals surface area contributed by atoms with Crippen LogP contribution in [-0.2, 0) is 0 Å². The molecule has 0 saturated heterocycles. The second kappa shape index (κ2) is 4.96. The van der Waals surface area contributed by atoms with Gasteiger partial charge in [-0.2, -0.15) is 5.26 Å². The van der Waals surface area contributed by atoms with E-state index in [1.807, 2.05) is 0 Å². The molecule has 13 heavy (non-hydrogen) atoms. The van der Waals surface area contributed by atoms with Crippen molar-refractivity contribution in [2.45, 2.75) is 4.90 Å². The molecule has 0 fully saturated rings. The Morgan fingerprint density at radius 2 is 2.38 bits per heavy atom. The van der Waals surface area contributed by atoms with Crippen LogP contribution in [0, 0.1) is 11.3 Å². The monoisotopic (exact) mass is 209 g/mol. The molecule has 1 aromatic carbocycles. The predicted octanol–water partition coefficient (Wildman–Crippen LogP) is 3.49. The standard InChI is InChI=1S/C10H8ClNS/c1-2-5-13-10-6-9(11)4-3-8(10)7-12/h2-4,6H,1,5H2. The number of benzene rings is 1. The molecule has 0 radical (unpaired) electrons. The van der Waals surface area contributed by atoms with Crippen LogP contribution in [0.1, 0.15) is 5.56 Å². The first kappa shape index (κ1) is 10.2. The summed E-state index contributed by atoms with van der Waals surface area (Å²) in [7, 11) is 0. The number of thioether (sulfide) groups is 1. The molecular formula is C10H8ClNS. The van der Waals surface area contributed by atoms with Gasteiger partial charge < -0.3 is 0 Å². The van der Waals surface area contributed by atoms with E-state index in [1.54, 1.807) is 36.0 Å². The fourth-order valence-electron chi connectivity index (χ4n) is 0.857. The molecule has 1 rings (SSSR count). The minimum atomic E-state index is 0.658. The first-order valence-electron chi connectivity index (χ1n) is 3.71. The van der Waals surface area contributed by atoms with Crippen LogP contribution in [0.3, 0.4) is 0 Å². The molecule has 0 atom stereocenters. The Kier molecular flexibility index (Phi) is 3.88. The molecule has 0 heterocycles. The average molecular weight is 210 g/mol. The fourth-order valence-corrected chi connectivity index (χ4v) is 1.87. The highest BCUT2D eigenvalue weighted by atomic mass is 35.5. The summed E-state index contributed by atoms with van der Waals surface area (Å²) in [6.07, 6.45) is 1.80. The number of hydrogen-bond acceptors (Lipinski definition) is 2. The summed E-state index contributed by atoms with van der Waals surface area (Å²) >= 11 is 7.36. The summed E-state index contributed by atoms with van der Waals surface area (Å²) in [5.74, 6) is 0.787. The molecule has 0 spiro atoms. The van der Waals surface area contributed by atoms with Crippen molar-refractivity contribution in [1.82, 2.24) is 0 Å². The van der Waals surface area contributed by atoms with E-state index in [0.717, 1.165) is 10.6 Å². The van der Waals surface area contributed by atoms with Gasteiger partial charge in [0.05, 0.1) is 5.56 Å². The van der Waals surface area contributed by atoms with Crippen LogP contribution in [0.4, 0.5) is 0 Å². The molecule has 1 aromatic rings. The molecule has 0 N–H and O–H groups in total. The third kappa shape index (κ3) is 2.80. The zero-order chi connectivity index (χ0) is 9.68. The number of halogens is 1. The summed E-state index contributed by atoms with van der Waals surface area (Å²) in [5, 5.41) is 9.43. The van der Waals surface area contributed by atoms with Gasteiger partial charge in [-0.25, -0.2) is 0 Å². The lowest BCUT2D eigenvalue weighted by Crippen LogP contribution is -1.81. The number of rotatable bonds is 3. The van der Waals surface area contributed by atoms with E-state index in [2.05, 4.69) is 12.6 Å². The second-order valence-corrected chi connectivity index (χ2v) is 3.85. The topological polar surface area (TPSA) is 23.8 Å². The van der Waals surface area contributed by atoms with Gasteiger partial charge in [0.1, 0.15) is 6.07 Å². The van der Waals surface area contributed by atoms with E-state index >= 15 is 0 Å². The van der Waals surface area contributed by atoms with Crippen molar-refractivity contribution in [3.63, 3.8) is 0 Å². The van der Waals surface area contributed by atoms with Gasteiger partial charge in [-0.15, -0.1) is 18.3 Å². The SMILES string of the molecule is C=CCSc1cc(Cl)ccc1C#N. The van der Waals surface area contributed by atoms with Gasteiger partial charge in [-0.1, -0.05) is 17.7 Å². The van der Waals surface area contributed by atoms with Gasteiger partial charge in [0.2, 0.25) is 0 Å². The molecule has 0 unspecified atom stereocenters. The summed E-state index contributed by atoms with van der Waals surface area (Å²) in [6, 6.07) is 7.37. The third-order valence-corrected chi connectivity index (χ3v) is 2.71. The molecule has 0 aliphatic carbocycles. The first-order valence-corrected chi connectivity index (χ1v) is 5.07. The maximum absolute atomic E-state index is 8.78.